The Morgan fingerprint density at radius 3 is 2.25 bits per heavy atom. The topological polar surface area (TPSA) is 52.6 Å². The third-order valence-electron chi connectivity index (χ3n) is 4.69. The summed E-state index contributed by atoms with van der Waals surface area (Å²) in [5.74, 6) is -0.00508. The molecule has 0 heterocycles. The van der Waals surface area contributed by atoms with Crippen LogP contribution in [0, 0.1) is 0 Å². The number of rotatable bonds is 8. The average Bonchev–Trinajstić information content (AvgIpc) is 3.42. The summed E-state index contributed by atoms with van der Waals surface area (Å²) in [4.78, 5) is 14.3. The van der Waals surface area contributed by atoms with E-state index in [0.29, 0.717) is 13.1 Å². The standard InChI is InChI=1S/C20H24N2O2/c23-14-13-22(18-9-5-2-6-10-18)15-19(24)21-16-20(11-12-20)17-7-3-1-4-8-17/h1-10,23H,11-16H2,(H,21,24). The molecule has 0 saturated heterocycles. The fourth-order valence-corrected chi connectivity index (χ4v) is 3.07. The summed E-state index contributed by atoms with van der Waals surface area (Å²) in [6, 6.07) is 20.1. The zero-order chi connectivity index (χ0) is 16.8. The van der Waals surface area contributed by atoms with Crippen molar-refractivity contribution in [2.24, 2.45) is 0 Å². The van der Waals surface area contributed by atoms with Gasteiger partial charge < -0.3 is 15.3 Å². The van der Waals surface area contributed by atoms with Crippen molar-refractivity contribution in [3.63, 3.8) is 0 Å². The lowest BCUT2D eigenvalue weighted by atomic mass is 9.96. The number of hydrogen-bond donors (Lipinski definition) is 2. The van der Waals surface area contributed by atoms with Crippen molar-refractivity contribution in [1.29, 1.82) is 0 Å². The van der Waals surface area contributed by atoms with Crippen LogP contribution in [-0.4, -0.2) is 37.3 Å². The lowest BCUT2D eigenvalue weighted by molar-refractivity contribution is -0.119. The lowest BCUT2D eigenvalue weighted by Crippen LogP contribution is -2.41. The van der Waals surface area contributed by atoms with Crippen LogP contribution in [0.2, 0.25) is 0 Å². The first-order chi connectivity index (χ1) is 11.7. The number of aliphatic hydroxyl groups excluding tert-OH is 1. The molecular formula is C20H24N2O2. The van der Waals surface area contributed by atoms with Crippen LogP contribution in [0.4, 0.5) is 5.69 Å². The van der Waals surface area contributed by atoms with E-state index in [1.807, 2.05) is 41.3 Å². The third kappa shape index (κ3) is 3.95. The molecule has 1 aliphatic carbocycles. The van der Waals surface area contributed by atoms with Gasteiger partial charge in [-0.05, 0) is 30.5 Å². The van der Waals surface area contributed by atoms with Gasteiger partial charge in [0.05, 0.1) is 13.2 Å². The molecule has 2 N–H and O–H groups in total. The maximum atomic E-state index is 12.4. The number of benzene rings is 2. The molecule has 4 heteroatoms. The Kier molecular flexibility index (Phi) is 5.16. The molecule has 126 valence electrons. The van der Waals surface area contributed by atoms with Crippen LogP contribution in [0.15, 0.2) is 60.7 Å². The number of nitrogens with one attached hydrogen (secondary N) is 1. The second-order valence-corrected chi connectivity index (χ2v) is 6.40. The summed E-state index contributed by atoms with van der Waals surface area (Å²) in [6.45, 7) is 1.41. The molecule has 0 spiro atoms. The van der Waals surface area contributed by atoms with E-state index in [4.69, 9.17) is 0 Å². The third-order valence-corrected chi connectivity index (χ3v) is 4.69. The van der Waals surface area contributed by atoms with Gasteiger partial charge >= 0.3 is 0 Å². The molecule has 1 amide bonds. The minimum absolute atomic E-state index is 0.00508. The molecule has 1 saturated carbocycles. The van der Waals surface area contributed by atoms with Gasteiger partial charge in [0.1, 0.15) is 0 Å². The largest absolute Gasteiger partial charge is 0.395 e. The first kappa shape index (κ1) is 16.5. The van der Waals surface area contributed by atoms with Crippen molar-refractivity contribution in [2.75, 3.05) is 31.1 Å². The normalized spacial score (nSPS) is 14.9. The summed E-state index contributed by atoms with van der Waals surface area (Å²) in [5.41, 5.74) is 2.37. The zero-order valence-electron chi connectivity index (χ0n) is 13.8. The minimum Gasteiger partial charge on any atom is -0.395 e. The number of amides is 1. The molecule has 2 aromatic rings. The predicted molar refractivity (Wildman–Crippen MR) is 96.1 cm³/mol. The molecule has 1 fully saturated rings. The number of anilines is 1. The Morgan fingerprint density at radius 1 is 1.04 bits per heavy atom. The fraction of sp³-hybridized carbons (Fsp3) is 0.350. The van der Waals surface area contributed by atoms with Crippen molar-refractivity contribution in [3.05, 3.63) is 66.2 Å². The van der Waals surface area contributed by atoms with E-state index in [2.05, 4.69) is 29.6 Å². The van der Waals surface area contributed by atoms with Gasteiger partial charge in [0.15, 0.2) is 0 Å². The number of aliphatic hydroxyl groups is 1. The SMILES string of the molecule is O=C(CN(CCO)c1ccccc1)NCC1(c2ccccc2)CC1. The Labute approximate surface area is 143 Å². The fourth-order valence-electron chi connectivity index (χ4n) is 3.07. The molecule has 0 unspecified atom stereocenters. The monoisotopic (exact) mass is 324 g/mol. The maximum absolute atomic E-state index is 12.4. The quantitative estimate of drug-likeness (QED) is 0.784. The Balaban J connectivity index is 1.57. The van der Waals surface area contributed by atoms with Gasteiger partial charge in [-0.1, -0.05) is 48.5 Å². The van der Waals surface area contributed by atoms with E-state index in [0.717, 1.165) is 18.5 Å². The van der Waals surface area contributed by atoms with Gasteiger partial charge in [0.2, 0.25) is 5.91 Å². The zero-order valence-corrected chi connectivity index (χ0v) is 13.8. The van der Waals surface area contributed by atoms with Crippen molar-refractivity contribution >= 4 is 11.6 Å². The highest BCUT2D eigenvalue weighted by molar-refractivity contribution is 5.81. The molecule has 0 radical (unpaired) electrons. The van der Waals surface area contributed by atoms with Gasteiger partial charge in [0, 0.05) is 24.2 Å². The highest BCUT2D eigenvalue weighted by atomic mass is 16.3. The minimum atomic E-state index is -0.00508. The molecule has 0 aliphatic heterocycles. The number of carbonyl (C=O) groups excluding carboxylic acids is 1. The van der Waals surface area contributed by atoms with Crippen LogP contribution in [0.25, 0.3) is 0 Å². The van der Waals surface area contributed by atoms with Crippen LogP contribution in [-0.2, 0) is 10.2 Å². The van der Waals surface area contributed by atoms with Gasteiger partial charge in [0.25, 0.3) is 0 Å². The van der Waals surface area contributed by atoms with E-state index in [1.165, 1.54) is 5.56 Å². The van der Waals surface area contributed by atoms with Crippen LogP contribution in [0.3, 0.4) is 0 Å². The van der Waals surface area contributed by atoms with E-state index in [-0.39, 0.29) is 24.5 Å². The van der Waals surface area contributed by atoms with E-state index in [1.54, 1.807) is 0 Å². The summed E-state index contributed by atoms with van der Waals surface area (Å²) in [7, 11) is 0. The number of carbonyl (C=O) groups is 1. The van der Waals surface area contributed by atoms with Crippen molar-refractivity contribution in [2.45, 2.75) is 18.3 Å². The summed E-state index contributed by atoms with van der Waals surface area (Å²) >= 11 is 0. The maximum Gasteiger partial charge on any atom is 0.239 e. The Bertz CT molecular complexity index is 654. The number of hydrogen-bond acceptors (Lipinski definition) is 3. The van der Waals surface area contributed by atoms with Gasteiger partial charge in [-0.3, -0.25) is 4.79 Å². The van der Waals surface area contributed by atoms with Crippen LogP contribution in [0.1, 0.15) is 18.4 Å². The molecule has 24 heavy (non-hydrogen) atoms. The molecule has 4 nitrogen and oxygen atoms in total. The summed E-state index contributed by atoms with van der Waals surface area (Å²) < 4.78 is 0. The molecule has 2 aromatic carbocycles. The highest BCUT2D eigenvalue weighted by Crippen LogP contribution is 2.47. The number of nitrogens with zero attached hydrogens (tertiary/aromatic N) is 1. The highest BCUT2D eigenvalue weighted by Gasteiger charge is 2.44. The van der Waals surface area contributed by atoms with Crippen LogP contribution in [0.5, 0.6) is 0 Å². The Hall–Kier alpha value is -2.33. The van der Waals surface area contributed by atoms with Crippen molar-refractivity contribution < 1.29 is 9.90 Å². The predicted octanol–water partition coefficient (Wildman–Crippen LogP) is 2.33. The first-order valence-electron chi connectivity index (χ1n) is 8.47. The van der Waals surface area contributed by atoms with E-state index < -0.39 is 0 Å². The average molecular weight is 324 g/mol. The molecule has 0 aromatic heterocycles. The van der Waals surface area contributed by atoms with Gasteiger partial charge in [-0.15, -0.1) is 0 Å². The molecular weight excluding hydrogens is 300 g/mol. The molecule has 0 bridgehead atoms. The molecule has 1 aliphatic rings. The van der Waals surface area contributed by atoms with Gasteiger partial charge in [-0.2, -0.15) is 0 Å². The Morgan fingerprint density at radius 2 is 1.67 bits per heavy atom. The van der Waals surface area contributed by atoms with E-state index in [9.17, 15) is 9.90 Å². The summed E-state index contributed by atoms with van der Waals surface area (Å²) in [5, 5.41) is 12.3. The summed E-state index contributed by atoms with van der Waals surface area (Å²) in [6.07, 6.45) is 2.24. The molecule has 0 atom stereocenters. The molecule has 3 rings (SSSR count). The van der Waals surface area contributed by atoms with Crippen molar-refractivity contribution in [3.8, 4) is 0 Å². The first-order valence-corrected chi connectivity index (χ1v) is 8.47. The van der Waals surface area contributed by atoms with Crippen LogP contribution < -0.4 is 10.2 Å². The van der Waals surface area contributed by atoms with Gasteiger partial charge in [-0.25, -0.2) is 0 Å². The van der Waals surface area contributed by atoms with Crippen molar-refractivity contribution in [1.82, 2.24) is 5.32 Å². The number of para-hydroxylation sites is 1. The second kappa shape index (κ2) is 7.49. The van der Waals surface area contributed by atoms with E-state index >= 15 is 0 Å². The second-order valence-electron chi connectivity index (χ2n) is 6.40. The smallest absolute Gasteiger partial charge is 0.239 e. The lowest BCUT2D eigenvalue weighted by Gasteiger charge is -2.24. The van der Waals surface area contributed by atoms with Crippen LogP contribution >= 0.6 is 0 Å².